The Labute approximate surface area is 150 Å². The standard InChI is InChI=1S/C19H19N3O2S/c1-3-13-8-10-14(11-9-13)18-20-19(22-21-18)25-12-16(23)15-6-4-5-7-17(15)24-2/h4-11H,3,12H2,1-2H3,(H,20,21,22). The van der Waals surface area contributed by atoms with E-state index in [2.05, 4.69) is 34.2 Å². The monoisotopic (exact) mass is 353 g/mol. The summed E-state index contributed by atoms with van der Waals surface area (Å²) in [6, 6.07) is 15.4. The van der Waals surface area contributed by atoms with E-state index in [1.165, 1.54) is 17.3 Å². The summed E-state index contributed by atoms with van der Waals surface area (Å²) in [6.07, 6.45) is 1.00. The maximum absolute atomic E-state index is 12.4. The first-order valence-electron chi connectivity index (χ1n) is 8.02. The maximum atomic E-state index is 12.4. The second kappa shape index (κ2) is 7.98. The number of carbonyl (C=O) groups excluding carboxylic acids is 1. The molecule has 6 heteroatoms. The number of methoxy groups -OCH3 is 1. The number of hydrogen-bond donors (Lipinski definition) is 1. The van der Waals surface area contributed by atoms with Crippen LogP contribution in [0.5, 0.6) is 5.75 Å². The van der Waals surface area contributed by atoms with Gasteiger partial charge in [-0.05, 0) is 24.1 Å². The number of Topliss-reactive ketones (excluding diaryl/α,β-unsaturated/α-hetero) is 1. The average Bonchev–Trinajstić information content (AvgIpc) is 3.15. The number of ether oxygens (including phenoxy) is 1. The van der Waals surface area contributed by atoms with Gasteiger partial charge in [0.05, 0.1) is 18.4 Å². The van der Waals surface area contributed by atoms with Gasteiger partial charge in [0.1, 0.15) is 5.75 Å². The van der Waals surface area contributed by atoms with Gasteiger partial charge in [0.25, 0.3) is 0 Å². The van der Waals surface area contributed by atoms with Gasteiger partial charge in [0, 0.05) is 5.56 Å². The van der Waals surface area contributed by atoms with E-state index >= 15 is 0 Å². The molecule has 0 unspecified atom stereocenters. The van der Waals surface area contributed by atoms with E-state index in [4.69, 9.17) is 4.74 Å². The quantitative estimate of drug-likeness (QED) is 0.513. The Morgan fingerprint density at radius 2 is 1.92 bits per heavy atom. The first-order chi connectivity index (χ1) is 12.2. The maximum Gasteiger partial charge on any atom is 0.209 e. The molecule has 3 aromatic rings. The minimum absolute atomic E-state index is 0.0129. The number of H-pyrrole nitrogens is 1. The van der Waals surface area contributed by atoms with Crippen LogP contribution in [0.1, 0.15) is 22.8 Å². The van der Waals surface area contributed by atoms with Gasteiger partial charge in [0.2, 0.25) is 5.16 Å². The second-order valence-corrected chi connectivity index (χ2v) is 6.37. The minimum Gasteiger partial charge on any atom is -0.496 e. The van der Waals surface area contributed by atoms with Gasteiger partial charge in [-0.15, -0.1) is 5.10 Å². The largest absolute Gasteiger partial charge is 0.496 e. The van der Waals surface area contributed by atoms with Crippen molar-refractivity contribution in [2.24, 2.45) is 0 Å². The number of aromatic nitrogens is 3. The van der Waals surface area contributed by atoms with Crippen molar-refractivity contribution in [1.82, 2.24) is 15.2 Å². The topological polar surface area (TPSA) is 67.9 Å². The zero-order chi connectivity index (χ0) is 17.6. The van der Waals surface area contributed by atoms with E-state index in [9.17, 15) is 4.79 Å². The van der Waals surface area contributed by atoms with Crippen LogP contribution < -0.4 is 4.74 Å². The molecule has 0 amide bonds. The van der Waals surface area contributed by atoms with Crippen molar-refractivity contribution >= 4 is 17.5 Å². The van der Waals surface area contributed by atoms with Crippen LogP contribution in [0.2, 0.25) is 0 Å². The number of aryl methyl sites for hydroxylation is 1. The van der Waals surface area contributed by atoms with E-state index in [1.54, 1.807) is 19.2 Å². The summed E-state index contributed by atoms with van der Waals surface area (Å²) < 4.78 is 5.23. The van der Waals surface area contributed by atoms with E-state index in [-0.39, 0.29) is 11.5 Å². The van der Waals surface area contributed by atoms with E-state index in [0.717, 1.165) is 12.0 Å². The number of para-hydroxylation sites is 1. The molecule has 0 radical (unpaired) electrons. The Hall–Kier alpha value is -2.60. The molecule has 0 saturated carbocycles. The molecule has 0 atom stereocenters. The summed E-state index contributed by atoms with van der Waals surface area (Å²) in [5.41, 5.74) is 2.83. The third-order valence-electron chi connectivity index (χ3n) is 3.84. The fraction of sp³-hybridized carbons (Fsp3) is 0.211. The number of ketones is 1. The van der Waals surface area contributed by atoms with Crippen LogP contribution in [0, 0.1) is 0 Å². The number of nitrogens with one attached hydrogen (secondary N) is 1. The predicted octanol–water partition coefficient (Wildman–Crippen LogP) is 4.02. The molecule has 0 aliphatic rings. The number of rotatable bonds is 7. The lowest BCUT2D eigenvalue weighted by Gasteiger charge is -2.05. The van der Waals surface area contributed by atoms with Crippen LogP contribution in [0.25, 0.3) is 11.4 Å². The summed E-state index contributed by atoms with van der Waals surface area (Å²) in [5, 5.41) is 7.67. The molecule has 1 N–H and O–H groups in total. The number of aromatic amines is 1. The molecule has 3 rings (SSSR count). The Kier molecular flexibility index (Phi) is 5.50. The summed E-state index contributed by atoms with van der Waals surface area (Å²) in [5.74, 6) is 1.53. The lowest BCUT2D eigenvalue weighted by Crippen LogP contribution is -2.04. The molecule has 1 heterocycles. The normalized spacial score (nSPS) is 10.6. The van der Waals surface area contributed by atoms with Crippen molar-refractivity contribution in [2.45, 2.75) is 18.5 Å². The van der Waals surface area contributed by atoms with E-state index < -0.39 is 0 Å². The van der Waals surface area contributed by atoms with Crippen molar-refractivity contribution < 1.29 is 9.53 Å². The van der Waals surface area contributed by atoms with Gasteiger partial charge in [-0.1, -0.05) is 55.1 Å². The Morgan fingerprint density at radius 3 is 2.64 bits per heavy atom. The van der Waals surface area contributed by atoms with Crippen LogP contribution in [-0.4, -0.2) is 33.8 Å². The summed E-state index contributed by atoms with van der Waals surface area (Å²) in [4.78, 5) is 16.8. The van der Waals surface area contributed by atoms with Crippen molar-refractivity contribution in [2.75, 3.05) is 12.9 Å². The predicted molar refractivity (Wildman–Crippen MR) is 99.2 cm³/mol. The van der Waals surface area contributed by atoms with Gasteiger partial charge in [-0.25, -0.2) is 4.98 Å². The SMILES string of the molecule is CCc1ccc(-c2nc(SCC(=O)c3ccccc3OC)n[nH]2)cc1. The zero-order valence-electron chi connectivity index (χ0n) is 14.2. The number of benzene rings is 2. The molecule has 0 aliphatic heterocycles. The molecule has 25 heavy (non-hydrogen) atoms. The molecule has 1 aromatic heterocycles. The highest BCUT2D eigenvalue weighted by Crippen LogP contribution is 2.23. The van der Waals surface area contributed by atoms with E-state index in [1.807, 2.05) is 24.3 Å². The number of carbonyl (C=O) groups is 1. The fourth-order valence-corrected chi connectivity index (χ4v) is 3.10. The highest BCUT2D eigenvalue weighted by molar-refractivity contribution is 7.99. The van der Waals surface area contributed by atoms with Gasteiger partial charge in [0.15, 0.2) is 11.6 Å². The first-order valence-corrected chi connectivity index (χ1v) is 9.00. The second-order valence-electron chi connectivity index (χ2n) is 5.43. The van der Waals surface area contributed by atoms with Crippen LogP contribution >= 0.6 is 11.8 Å². The van der Waals surface area contributed by atoms with Gasteiger partial charge < -0.3 is 4.74 Å². The summed E-state index contributed by atoms with van der Waals surface area (Å²) >= 11 is 1.31. The fourth-order valence-electron chi connectivity index (χ4n) is 2.42. The number of thioether (sulfide) groups is 1. The smallest absolute Gasteiger partial charge is 0.209 e. The zero-order valence-corrected chi connectivity index (χ0v) is 15.0. The molecule has 0 saturated heterocycles. The number of hydrogen-bond acceptors (Lipinski definition) is 5. The molecule has 5 nitrogen and oxygen atoms in total. The summed E-state index contributed by atoms with van der Waals surface area (Å²) in [7, 11) is 1.56. The Morgan fingerprint density at radius 1 is 1.16 bits per heavy atom. The molecule has 0 spiro atoms. The van der Waals surface area contributed by atoms with Gasteiger partial charge >= 0.3 is 0 Å². The van der Waals surface area contributed by atoms with Crippen LogP contribution in [0.3, 0.4) is 0 Å². The van der Waals surface area contributed by atoms with Gasteiger partial charge in [-0.3, -0.25) is 9.89 Å². The molecular formula is C19H19N3O2S. The average molecular weight is 353 g/mol. The molecule has 2 aromatic carbocycles. The van der Waals surface area contributed by atoms with Gasteiger partial charge in [-0.2, -0.15) is 0 Å². The van der Waals surface area contributed by atoms with Crippen molar-refractivity contribution in [3.63, 3.8) is 0 Å². The van der Waals surface area contributed by atoms with Crippen molar-refractivity contribution in [3.8, 4) is 17.1 Å². The van der Waals surface area contributed by atoms with Crippen molar-refractivity contribution in [3.05, 3.63) is 59.7 Å². The lowest BCUT2D eigenvalue weighted by atomic mass is 10.1. The van der Waals surface area contributed by atoms with E-state index in [0.29, 0.717) is 22.3 Å². The molecule has 0 fully saturated rings. The van der Waals surface area contributed by atoms with Crippen LogP contribution in [0.15, 0.2) is 53.7 Å². The highest BCUT2D eigenvalue weighted by atomic mass is 32.2. The van der Waals surface area contributed by atoms with Crippen LogP contribution in [-0.2, 0) is 6.42 Å². The third-order valence-corrected chi connectivity index (χ3v) is 4.69. The third kappa shape index (κ3) is 4.09. The molecule has 128 valence electrons. The highest BCUT2D eigenvalue weighted by Gasteiger charge is 2.14. The lowest BCUT2D eigenvalue weighted by molar-refractivity contribution is 0.101. The Balaban J connectivity index is 1.66. The van der Waals surface area contributed by atoms with Crippen LogP contribution in [0.4, 0.5) is 0 Å². The summed E-state index contributed by atoms with van der Waals surface area (Å²) in [6.45, 7) is 2.12. The minimum atomic E-state index is -0.0129. The Bertz CT molecular complexity index is 859. The molecule has 0 bridgehead atoms. The number of nitrogens with zero attached hydrogens (tertiary/aromatic N) is 2. The van der Waals surface area contributed by atoms with Crippen molar-refractivity contribution in [1.29, 1.82) is 0 Å². The first kappa shape index (κ1) is 17.2. The molecule has 0 aliphatic carbocycles. The molecular weight excluding hydrogens is 334 g/mol.